The third kappa shape index (κ3) is 3.71. The van der Waals surface area contributed by atoms with Crippen molar-refractivity contribution in [3.05, 3.63) is 46.3 Å². The zero-order valence-corrected chi connectivity index (χ0v) is 14.2. The van der Waals surface area contributed by atoms with Gasteiger partial charge in [0.25, 0.3) is 0 Å². The summed E-state index contributed by atoms with van der Waals surface area (Å²) in [4.78, 5) is 13.7. The van der Waals surface area contributed by atoms with E-state index in [0.717, 1.165) is 5.56 Å². The second-order valence-corrected chi connectivity index (χ2v) is 5.89. The smallest absolute Gasteiger partial charge is 0.246 e. The molecular weight excluding hydrogens is 332 g/mol. The third-order valence-corrected chi connectivity index (χ3v) is 3.77. The van der Waals surface area contributed by atoms with Crippen LogP contribution in [0.15, 0.2) is 28.8 Å². The van der Waals surface area contributed by atoms with Crippen LogP contribution < -0.4 is 9.47 Å². The summed E-state index contributed by atoms with van der Waals surface area (Å²) in [5.41, 5.74) is 1.47. The van der Waals surface area contributed by atoms with Gasteiger partial charge in [0, 0.05) is 19.2 Å². The number of halogens is 1. The molecule has 0 fully saturated rings. The maximum absolute atomic E-state index is 12.2. The lowest BCUT2D eigenvalue weighted by molar-refractivity contribution is -0.125. The number of likely N-dealkylation sites (N-methyl/N-ethyl adjacent to an activating group) is 1. The van der Waals surface area contributed by atoms with Crippen LogP contribution in [0.4, 0.5) is 0 Å². The van der Waals surface area contributed by atoms with E-state index in [-0.39, 0.29) is 5.91 Å². The SMILES string of the molecule is Cc1cc(CN(C)C(=O)/C=C/c2cc(Cl)c3c(c2)OCCO3)no1. The number of fused-ring (bicyclic) bond motifs is 1. The molecule has 1 amide bonds. The Balaban J connectivity index is 1.68. The molecule has 2 aromatic rings. The molecular formula is C17H17ClN2O4. The topological polar surface area (TPSA) is 64.8 Å². The van der Waals surface area contributed by atoms with Crippen molar-refractivity contribution in [2.75, 3.05) is 20.3 Å². The summed E-state index contributed by atoms with van der Waals surface area (Å²) in [6, 6.07) is 5.33. The van der Waals surface area contributed by atoms with Crippen LogP contribution in [0, 0.1) is 6.92 Å². The molecule has 0 bridgehead atoms. The molecule has 1 aliphatic heterocycles. The molecule has 24 heavy (non-hydrogen) atoms. The third-order valence-electron chi connectivity index (χ3n) is 3.49. The summed E-state index contributed by atoms with van der Waals surface area (Å²) in [6.07, 6.45) is 3.17. The first kappa shape index (κ1) is 16.4. The average molecular weight is 349 g/mol. The Morgan fingerprint density at radius 2 is 2.12 bits per heavy atom. The van der Waals surface area contributed by atoms with E-state index in [2.05, 4.69) is 5.16 Å². The van der Waals surface area contributed by atoms with Crippen molar-refractivity contribution in [3.8, 4) is 11.5 Å². The Hall–Kier alpha value is -2.47. The first-order valence-corrected chi connectivity index (χ1v) is 7.85. The summed E-state index contributed by atoms with van der Waals surface area (Å²) < 4.78 is 16.0. The van der Waals surface area contributed by atoms with Gasteiger partial charge >= 0.3 is 0 Å². The predicted octanol–water partition coefficient (Wildman–Crippen LogP) is 3.08. The van der Waals surface area contributed by atoms with Crippen LogP contribution in [0.2, 0.25) is 5.02 Å². The maximum atomic E-state index is 12.2. The van der Waals surface area contributed by atoms with Crippen molar-refractivity contribution in [1.29, 1.82) is 0 Å². The van der Waals surface area contributed by atoms with Gasteiger partial charge in [0.15, 0.2) is 11.5 Å². The molecule has 0 atom stereocenters. The first-order chi connectivity index (χ1) is 11.5. The van der Waals surface area contributed by atoms with Gasteiger partial charge < -0.3 is 18.9 Å². The van der Waals surface area contributed by atoms with Gasteiger partial charge in [0.2, 0.25) is 5.91 Å². The minimum Gasteiger partial charge on any atom is -0.486 e. The molecule has 0 unspecified atom stereocenters. The summed E-state index contributed by atoms with van der Waals surface area (Å²) in [6.45, 7) is 3.15. The molecule has 6 nitrogen and oxygen atoms in total. The van der Waals surface area contributed by atoms with Gasteiger partial charge in [0.05, 0.1) is 11.6 Å². The van der Waals surface area contributed by atoms with E-state index in [4.69, 9.17) is 25.6 Å². The number of benzene rings is 1. The standard InChI is InChI=1S/C17H17ClN2O4/c1-11-7-13(19-24-11)10-20(2)16(21)4-3-12-8-14(18)17-15(9-12)22-5-6-23-17/h3-4,7-9H,5-6,10H2,1-2H3/b4-3+. The number of hydrogen-bond donors (Lipinski definition) is 0. The molecule has 3 rings (SSSR count). The number of aryl methyl sites for hydroxylation is 1. The highest BCUT2D eigenvalue weighted by molar-refractivity contribution is 6.32. The summed E-state index contributed by atoms with van der Waals surface area (Å²) >= 11 is 6.18. The van der Waals surface area contributed by atoms with Crippen molar-refractivity contribution in [3.63, 3.8) is 0 Å². The number of rotatable bonds is 4. The van der Waals surface area contributed by atoms with Crippen LogP contribution in [0.5, 0.6) is 11.5 Å². The van der Waals surface area contributed by atoms with Gasteiger partial charge in [-0.2, -0.15) is 0 Å². The van der Waals surface area contributed by atoms with Gasteiger partial charge in [-0.05, 0) is 30.7 Å². The summed E-state index contributed by atoms with van der Waals surface area (Å²) in [5, 5.41) is 4.34. The number of nitrogens with zero attached hydrogens (tertiary/aromatic N) is 2. The first-order valence-electron chi connectivity index (χ1n) is 7.47. The fraction of sp³-hybridized carbons (Fsp3) is 0.294. The maximum Gasteiger partial charge on any atom is 0.246 e. The van der Waals surface area contributed by atoms with Crippen molar-refractivity contribution in [1.82, 2.24) is 10.1 Å². The van der Waals surface area contributed by atoms with Crippen molar-refractivity contribution in [2.24, 2.45) is 0 Å². The highest BCUT2D eigenvalue weighted by atomic mass is 35.5. The zero-order valence-electron chi connectivity index (χ0n) is 13.4. The molecule has 7 heteroatoms. The van der Waals surface area contributed by atoms with Gasteiger partial charge in [-0.25, -0.2) is 0 Å². The van der Waals surface area contributed by atoms with Crippen LogP contribution >= 0.6 is 11.6 Å². The van der Waals surface area contributed by atoms with Gasteiger partial charge in [-0.3, -0.25) is 4.79 Å². The molecule has 1 aromatic carbocycles. The summed E-state index contributed by atoms with van der Waals surface area (Å²) in [7, 11) is 1.70. The molecule has 126 valence electrons. The quantitative estimate of drug-likeness (QED) is 0.794. The Kier molecular flexibility index (Phi) is 4.76. The fourth-order valence-electron chi connectivity index (χ4n) is 2.34. The largest absolute Gasteiger partial charge is 0.486 e. The fourth-order valence-corrected chi connectivity index (χ4v) is 2.61. The van der Waals surface area contributed by atoms with Crippen molar-refractivity contribution >= 4 is 23.6 Å². The number of ether oxygens (including phenoxy) is 2. The van der Waals surface area contributed by atoms with E-state index in [1.807, 2.05) is 6.92 Å². The lowest BCUT2D eigenvalue weighted by Gasteiger charge is -2.19. The Bertz CT molecular complexity index is 785. The lowest BCUT2D eigenvalue weighted by atomic mass is 10.1. The highest BCUT2D eigenvalue weighted by Gasteiger charge is 2.16. The monoisotopic (exact) mass is 348 g/mol. The second kappa shape index (κ2) is 6.97. The molecule has 0 aliphatic carbocycles. The van der Waals surface area contributed by atoms with E-state index < -0.39 is 0 Å². The number of aromatic nitrogens is 1. The number of carbonyl (C=O) groups excluding carboxylic acids is 1. The Labute approximate surface area is 144 Å². The van der Waals surface area contributed by atoms with E-state index in [0.29, 0.717) is 47.7 Å². The van der Waals surface area contributed by atoms with Crippen LogP contribution in [-0.2, 0) is 11.3 Å². The van der Waals surface area contributed by atoms with Gasteiger partial charge in [-0.1, -0.05) is 16.8 Å². The van der Waals surface area contributed by atoms with Crippen LogP contribution in [0.25, 0.3) is 6.08 Å². The molecule has 0 saturated heterocycles. The van der Waals surface area contributed by atoms with E-state index in [9.17, 15) is 4.79 Å². The minimum atomic E-state index is -0.151. The second-order valence-electron chi connectivity index (χ2n) is 5.48. The minimum absolute atomic E-state index is 0.151. The van der Waals surface area contributed by atoms with Gasteiger partial charge in [-0.15, -0.1) is 0 Å². The summed E-state index contributed by atoms with van der Waals surface area (Å²) in [5.74, 6) is 1.70. The number of amides is 1. The van der Waals surface area contributed by atoms with E-state index in [1.165, 1.54) is 6.08 Å². The normalized spacial score (nSPS) is 13.3. The number of hydrogen-bond acceptors (Lipinski definition) is 5. The molecule has 2 heterocycles. The lowest BCUT2D eigenvalue weighted by Crippen LogP contribution is -2.24. The van der Waals surface area contributed by atoms with Crippen LogP contribution in [-0.4, -0.2) is 36.2 Å². The van der Waals surface area contributed by atoms with Crippen molar-refractivity contribution in [2.45, 2.75) is 13.5 Å². The zero-order chi connectivity index (χ0) is 17.1. The molecule has 1 aromatic heterocycles. The van der Waals surface area contributed by atoms with Crippen LogP contribution in [0.3, 0.4) is 0 Å². The number of carbonyl (C=O) groups is 1. The van der Waals surface area contributed by atoms with Crippen LogP contribution in [0.1, 0.15) is 17.0 Å². The molecule has 0 N–H and O–H groups in total. The predicted molar refractivity (Wildman–Crippen MR) is 89.2 cm³/mol. The molecule has 1 aliphatic rings. The Morgan fingerprint density at radius 3 is 2.88 bits per heavy atom. The average Bonchev–Trinajstić information content (AvgIpc) is 2.97. The van der Waals surface area contributed by atoms with Crippen molar-refractivity contribution < 1.29 is 18.8 Å². The van der Waals surface area contributed by atoms with E-state index >= 15 is 0 Å². The molecule has 0 saturated carbocycles. The highest BCUT2D eigenvalue weighted by Crippen LogP contribution is 2.38. The molecule has 0 spiro atoms. The molecule has 0 radical (unpaired) electrons. The van der Waals surface area contributed by atoms with Gasteiger partial charge in [0.1, 0.15) is 24.7 Å². The Morgan fingerprint density at radius 1 is 1.33 bits per heavy atom. The van der Waals surface area contributed by atoms with E-state index in [1.54, 1.807) is 36.2 Å².